The SMILES string of the molecule is CCC(CC)(c1ccccc1)C(N)c1cccc(F)c1. The maximum atomic E-state index is 13.5. The van der Waals surface area contributed by atoms with Crippen molar-refractivity contribution in [2.45, 2.75) is 38.1 Å². The van der Waals surface area contributed by atoms with Gasteiger partial charge >= 0.3 is 0 Å². The molecule has 1 atom stereocenters. The molecule has 2 aromatic rings. The van der Waals surface area contributed by atoms with E-state index in [9.17, 15) is 4.39 Å². The Kier molecular flexibility index (Phi) is 4.56. The van der Waals surface area contributed by atoms with E-state index in [1.54, 1.807) is 12.1 Å². The molecule has 0 aliphatic carbocycles. The van der Waals surface area contributed by atoms with E-state index >= 15 is 0 Å². The molecule has 0 spiro atoms. The van der Waals surface area contributed by atoms with Crippen LogP contribution in [-0.4, -0.2) is 0 Å². The molecule has 0 aliphatic rings. The second-order valence-corrected chi connectivity index (χ2v) is 5.26. The van der Waals surface area contributed by atoms with E-state index in [4.69, 9.17) is 5.73 Å². The van der Waals surface area contributed by atoms with Crippen LogP contribution in [0.4, 0.5) is 4.39 Å². The molecule has 1 nitrogen and oxygen atoms in total. The van der Waals surface area contributed by atoms with Gasteiger partial charge in [-0.3, -0.25) is 0 Å². The van der Waals surface area contributed by atoms with Gasteiger partial charge in [0.2, 0.25) is 0 Å². The van der Waals surface area contributed by atoms with Gasteiger partial charge in [-0.2, -0.15) is 0 Å². The highest BCUT2D eigenvalue weighted by Gasteiger charge is 2.36. The summed E-state index contributed by atoms with van der Waals surface area (Å²) in [5.74, 6) is -0.230. The Labute approximate surface area is 120 Å². The summed E-state index contributed by atoms with van der Waals surface area (Å²) in [6.45, 7) is 4.30. The van der Waals surface area contributed by atoms with Crippen LogP contribution in [0.25, 0.3) is 0 Å². The van der Waals surface area contributed by atoms with Gasteiger partial charge in [-0.05, 0) is 36.1 Å². The summed E-state index contributed by atoms with van der Waals surface area (Å²) in [5, 5.41) is 0. The van der Waals surface area contributed by atoms with Crippen LogP contribution in [0.1, 0.15) is 43.9 Å². The maximum Gasteiger partial charge on any atom is 0.123 e. The molecule has 0 amide bonds. The fourth-order valence-corrected chi connectivity index (χ4v) is 3.07. The highest BCUT2D eigenvalue weighted by atomic mass is 19.1. The monoisotopic (exact) mass is 271 g/mol. The van der Waals surface area contributed by atoms with Crippen molar-refractivity contribution in [3.63, 3.8) is 0 Å². The molecule has 0 heterocycles. The van der Waals surface area contributed by atoms with E-state index < -0.39 is 0 Å². The van der Waals surface area contributed by atoms with Crippen molar-refractivity contribution >= 4 is 0 Å². The molecule has 20 heavy (non-hydrogen) atoms. The van der Waals surface area contributed by atoms with E-state index in [1.165, 1.54) is 11.6 Å². The number of halogens is 1. The van der Waals surface area contributed by atoms with Crippen molar-refractivity contribution in [2.24, 2.45) is 5.73 Å². The van der Waals surface area contributed by atoms with Crippen LogP contribution in [0.5, 0.6) is 0 Å². The lowest BCUT2D eigenvalue weighted by Gasteiger charge is -2.38. The predicted molar refractivity (Wildman–Crippen MR) is 82.0 cm³/mol. The molecule has 0 saturated carbocycles. The minimum absolute atomic E-state index is 0.158. The van der Waals surface area contributed by atoms with Crippen LogP contribution in [0.3, 0.4) is 0 Å². The van der Waals surface area contributed by atoms with E-state index in [0.29, 0.717) is 0 Å². The Hall–Kier alpha value is -1.67. The minimum atomic E-state index is -0.230. The summed E-state index contributed by atoms with van der Waals surface area (Å²) in [6.07, 6.45) is 1.84. The third kappa shape index (κ3) is 2.61. The Morgan fingerprint density at radius 3 is 2.20 bits per heavy atom. The van der Waals surface area contributed by atoms with E-state index in [1.807, 2.05) is 24.3 Å². The molecule has 2 rings (SSSR count). The molecule has 2 aromatic carbocycles. The Morgan fingerprint density at radius 2 is 1.65 bits per heavy atom. The topological polar surface area (TPSA) is 26.0 Å². The fraction of sp³-hybridized carbons (Fsp3) is 0.333. The lowest BCUT2D eigenvalue weighted by Crippen LogP contribution is -2.37. The first-order valence-electron chi connectivity index (χ1n) is 7.20. The van der Waals surface area contributed by atoms with Crippen molar-refractivity contribution < 1.29 is 4.39 Å². The van der Waals surface area contributed by atoms with Gasteiger partial charge in [0.15, 0.2) is 0 Å². The van der Waals surface area contributed by atoms with E-state index in [0.717, 1.165) is 18.4 Å². The minimum Gasteiger partial charge on any atom is -0.323 e. The number of nitrogens with two attached hydrogens (primary N) is 1. The molecular formula is C18H22FN. The van der Waals surface area contributed by atoms with Crippen LogP contribution in [-0.2, 0) is 5.41 Å². The zero-order valence-corrected chi connectivity index (χ0v) is 12.1. The van der Waals surface area contributed by atoms with E-state index in [2.05, 4.69) is 26.0 Å². The van der Waals surface area contributed by atoms with E-state index in [-0.39, 0.29) is 17.3 Å². The highest BCUT2D eigenvalue weighted by molar-refractivity contribution is 5.33. The first-order chi connectivity index (χ1) is 9.64. The average molecular weight is 271 g/mol. The Bertz CT molecular complexity index is 546. The Morgan fingerprint density at radius 1 is 1.00 bits per heavy atom. The Balaban J connectivity index is 2.48. The second-order valence-electron chi connectivity index (χ2n) is 5.26. The lowest BCUT2D eigenvalue weighted by atomic mass is 9.68. The van der Waals surface area contributed by atoms with Crippen molar-refractivity contribution in [2.75, 3.05) is 0 Å². The van der Waals surface area contributed by atoms with Crippen molar-refractivity contribution in [1.82, 2.24) is 0 Å². The van der Waals surface area contributed by atoms with Crippen molar-refractivity contribution in [3.05, 3.63) is 71.5 Å². The predicted octanol–water partition coefficient (Wildman–Crippen LogP) is 4.58. The molecule has 0 aliphatic heterocycles. The molecule has 106 valence electrons. The largest absolute Gasteiger partial charge is 0.323 e. The number of hydrogen-bond acceptors (Lipinski definition) is 1. The smallest absolute Gasteiger partial charge is 0.123 e. The molecule has 0 radical (unpaired) electrons. The van der Waals surface area contributed by atoms with Gasteiger partial charge in [0.05, 0.1) is 0 Å². The molecule has 0 fully saturated rings. The third-order valence-corrected chi connectivity index (χ3v) is 4.41. The van der Waals surface area contributed by atoms with Gasteiger partial charge in [-0.25, -0.2) is 4.39 Å². The quantitative estimate of drug-likeness (QED) is 0.846. The average Bonchev–Trinajstić information content (AvgIpc) is 2.50. The van der Waals surface area contributed by atoms with Crippen molar-refractivity contribution in [3.8, 4) is 0 Å². The fourth-order valence-electron chi connectivity index (χ4n) is 3.07. The van der Waals surface area contributed by atoms with Crippen LogP contribution < -0.4 is 5.73 Å². The highest BCUT2D eigenvalue weighted by Crippen LogP contribution is 2.41. The molecular weight excluding hydrogens is 249 g/mol. The normalized spacial score (nSPS) is 13.2. The number of rotatable bonds is 5. The molecule has 2 N–H and O–H groups in total. The third-order valence-electron chi connectivity index (χ3n) is 4.41. The summed E-state index contributed by atoms with van der Waals surface area (Å²) in [7, 11) is 0. The van der Waals surface area contributed by atoms with Crippen LogP contribution in [0.2, 0.25) is 0 Å². The number of hydrogen-bond donors (Lipinski definition) is 1. The summed E-state index contributed by atoms with van der Waals surface area (Å²) in [4.78, 5) is 0. The maximum absolute atomic E-state index is 13.5. The second kappa shape index (κ2) is 6.19. The molecule has 1 unspecified atom stereocenters. The summed E-state index contributed by atoms with van der Waals surface area (Å²) < 4.78 is 13.5. The summed E-state index contributed by atoms with van der Waals surface area (Å²) >= 11 is 0. The van der Waals surface area contributed by atoms with Crippen LogP contribution in [0, 0.1) is 5.82 Å². The van der Waals surface area contributed by atoms with Gasteiger partial charge in [0, 0.05) is 11.5 Å². The van der Waals surface area contributed by atoms with Crippen LogP contribution >= 0.6 is 0 Å². The summed E-state index contributed by atoms with van der Waals surface area (Å²) in [5.41, 5.74) is 8.45. The first-order valence-corrected chi connectivity index (χ1v) is 7.20. The first kappa shape index (κ1) is 14.7. The number of benzene rings is 2. The lowest BCUT2D eigenvalue weighted by molar-refractivity contribution is 0.321. The van der Waals surface area contributed by atoms with Gasteiger partial charge in [-0.1, -0.05) is 56.3 Å². The van der Waals surface area contributed by atoms with Gasteiger partial charge < -0.3 is 5.73 Å². The molecule has 0 aromatic heterocycles. The van der Waals surface area contributed by atoms with Crippen molar-refractivity contribution in [1.29, 1.82) is 0 Å². The molecule has 0 bridgehead atoms. The molecule has 0 saturated heterocycles. The standard InChI is InChI=1S/C18H22FN/c1-3-18(4-2,15-10-6-5-7-11-15)17(20)14-9-8-12-16(19)13-14/h5-13,17H,3-4,20H2,1-2H3. The molecule has 2 heteroatoms. The van der Waals surface area contributed by atoms with Crippen LogP contribution in [0.15, 0.2) is 54.6 Å². The van der Waals surface area contributed by atoms with Gasteiger partial charge in [0.1, 0.15) is 5.82 Å². The van der Waals surface area contributed by atoms with Gasteiger partial charge in [0.25, 0.3) is 0 Å². The zero-order valence-electron chi connectivity index (χ0n) is 12.1. The summed E-state index contributed by atoms with van der Waals surface area (Å²) in [6, 6.07) is 16.7. The zero-order chi connectivity index (χ0) is 14.6. The van der Waals surface area contributed by atoms with Gasteiger partial charge in [-0.15, -0.1) is 0 Å².